The third kappa shape index (κ3) is 2.49. The van der Waals surface area contributed by atoms with Crippen molar-refractivity contribution >= 4 is 0 Å². The summed E-state index contributed by atoms with van der Waals surface area (Å²) in [5, 5.41) is 0. The Kier molecular flexibility index (Phi) is 3.70. The molecule has 0 radical (unpaired) electrons. The van der Waals surface area contributed by atoms with E-state index in [0.717, 1.165) is 0 Å². The van der Waals surface area contributed by atoms with E-state index in [9.17, 15) is 0 Å². The minimum Gasteiger partial charge on any atom is -0.369 e. The molecule has 16 heavy (non-hydrogen) atoms. The highest BCUT2D eigenvalue weighted by molar-refractivity contribution is 5.31. The van der Waals surface area contributed by atoms with Crippen LogP contribution in [0, 0.1) is 0 Å². The van der Waals surface area contributed by atoms with Crippen molar-refractivity contribution in [3.05, 3.63) is 23.4 Å². The summed E-state index contributed by atoms with van der Waals surface area (Å²) < 4.78 is 0. The number of hydrogen-bond acceptors (Lipinski definition) is 2. The summed E-state index contributed by atoms with van der Waals surface area (Å²) in [4.78, 5) is 5.13. The molecule has 1 aliphatic carbocycles. The normalized spacial score (nSPS) is 23.4. The Morgan fingerprint density at radius 3 is 2.19 bits per heavy atom. The molecule has 0 atom stereocenters. The van der Waals surface area contributed by atoms with Crippen LogP contribution in [0.3, 0.4) is 0 Å². The van der Waals surface area contributed by atoms with Gasteiger partial charge in [0.25, 0.3) is 0 Å². The quantitative estimate of drug-likeness (QED) is 0.706. The summed E-state index contributed by atoms with van der Waals surface area (Å²) in [5.41, 5.74) is 2.97. The van der Waals surface area contributed by atoms with Crippen molar-refractivity contribution in [2.24, 2.45) is 0 Å². The first-order valence-electron chi connectivity index (χ1n) is 6.55. The van der Waals surface area contributed by atoms with Crippen LogP contribution in [0.1, 0.15) is 33.6 Å². The molecule has 0 bridgehead atoms. The number of nitrogens with zero attached hydrogens (tertiary/aromatic N) is 2. The average molecular weight is 220 g/mol. The molecule has 0 spiro atoms. The Balaban J connectivity index is 1.94. The lowest BCUT2D eigenvalue weighted by Crippen LogP contribution is -2.48. The van der Waals surface area contributed by atoms with Crippen LogP contribution in [0.5, 0.6) is 0 Å². The Morgan fingerprint density at radius 1 is 1.00 bits per heavy atom. The van der Waals surface area contributed by atoms with Crippen LogP contribution in [0.4, 0.5) is 0 Å². The van der Waals surface area contributed by atoms with E-state index in [4.69, 9.17) is 0 Å². The minimum absolute atomic E-state index is 0.694. The molecular weight excluding hydrogens is 196 g/mol. The third-order valence-corrected chi connectivity index (χ3v) is 3.74. The highest BCUT2D eigenvalue weighted by Crippen LogP contribution is 2.23. The first-order valence-corrected chi connectivity index (χ1v) is 6.55. The van der Waals surface area contributed by atoms with Gasteiger partial charge in [-0.3, -0.25) is 4.90 Å². The number of piperazine rings is 1. The summed E-state index contributed by atoms with van der Waals surface area (Å²) in [6.45, 7) is 11.6. The number of hydrogen-bond donors (Lipinski definition) is 0. The van der Waals surface area contributed by atoms with E-state index in [0.29, 0.717) is 6.04 Å². The van der Waals surface area contributed by atoms with Crippen LogP contribution in [-0.2, 0) is 0 Å². The molecular formula is C14H24N2. The molecule has 0 amide bonds. The molecule has 1 fully saturated rings. The van der Waals surface area contributed by atoms with Gasteiger partial charge in [0.1, 0.15) is 0 Å². The molecule has 2 heteroatoms. The SMILES string of the molecule is CC1=CCCC=C1N1CCN(C(C)C)CC1. The molecule has 1 heterocycles. The standard InChI is InChI=1S/C14H24N2/c1-12(2)15-8-10-16(11-9-15)14-7-5-4-6-13(14)3/h6-7,12H,4-5,8-11H2,1-3H3. The zero-order valence-electron chi connectivity index (χ0n) is 10.9. The van der Waals surface area contributed by atoms with Gasteiger partial charge in [-0.05, 0) is 39.2 Å². The lowest BCUT2D eigenvalue weighted by Gasteiger charge is -2.40. The van der Waals surface area contributed by atoms with Gasteiger partial charge < -0.3 is 4.90 Å². The summed E-state index contributed by atoms with van der Waals surface area (Å²) in [6.07, 6.45) is 7.24. The average Bonchev–Trinajstić information content (AvgIpc) is 2.30. The molecule has 0 aromatic rings. The Hall–Kier alpha value is -0.760. The van der Waals surface area contributed by atoms with E-state index in [1.807, 2.05) is 0 Å². The van der Waals surface area contributed by atoms with E-state index < -0.39 is 0 Å². The smallest absolute Gasteiger partial charge is 0.0353 e. The van der Waals surface area contributed by atoms with Crippen molar-refractivity contribution < 1.29 is 0 Å². The van der Waals surface area contributed by atoms with Gasteiger partial charge in [-0.1, -0.05) is 12.2 Å². The fourth-order valence-electron chi connectivity index (χ4n) is 2.64. The second-order valence-electron chi connectivity index (χ2n) is 5.17. The van der Waals surface area contributed by atoms with Crippen molar-refractivity contribution in [2.75, 3.05) is 26.2 Å². The molecule has 0 saturated carbocycles. The van der Waals surface area contributed by atoms with Crippen molar-refractivity contribution in [3.63, 3.8) is 0 Å². The van der Waals surface area contributed by atoms with Gasteiger partial charge in [-0.15, -0.1) is 0 Å². The molecule has 0 aromatic heterocycles. The van der Waals surface area contributed by atoms with E-state index in [-0.39, 0.29) is 0 Å². The van der Waals surface area contributed by atoms with Gasteiger partial charge in [0.05, 0.1) is 0 Å². The van der Waals surface area contributed by atoms with Crippen LogP contribution in [0.2, 0.25) is 0 Å². The van der Waals surface area contributed by atoms with E-state index in [1.165, 1.54) is 50.3 Å². The van der Waals surface area contributed by atoms with E-state index >= 15 is 0 Å². The fraction of sp³-hybridized carbons (Fsp3) is 0.714. The van der Waals surface area contributed by atoms with Crippen LogP contribution in [-0.4, -0.2) is 42.0 Å². The molecule has 2 aliphatic rings. The van der Waals surface area contributed by atoms with Crippen LogP contribution < -0.4 is 0 Å². The lowest BCUT2D eigenvalue weighted by atomic mass is 10.0. The predicted molar refractivity (Wildman–Crippen MR) is 69.4 cm³/mol. The van der Waals surface area contributed by atoms with Gasteiger partial charge in [0.2, 0.25) is 0 Å². The maximum atomic E-state index is 2.57. The molecule has 90 valence electrons. The molecule has 0 aromatic carbocycles. The summed E-state index contributed by atoms with van der Waals surface area (Å²) in [6, 6.07) is 0.694. The first kappa shape index (κ1) is 11.7. The van der Waals surface area contributed by atoms with Crippen molar-refractivity contribution in [3.8, 4) is 0 Å². The Morgan fingerprint density at radius 2 is 1.62 bits per heavy atom. The molecule has 1 aliphatic heterocycles. The van der Waals surface area contributed by atoms with Crippen LogP contribution in [0.15, 0.2) is 23.4 Å². The molecule has 0 N–H and O–H groups in total. The molecule has 0 unspecified atom stereocenters. The highest BCUT2D eigenvalue weighted by atomic mass is 15.3. The Labute approximate surface area is 99.6 Å². The monoisotopic (exact) mass is 220 g/mol. The van der Waals surface area contributed by atoms with Crippen LogP contribution in [0.25, 0.3) is 0 Å². The summed E-state index contributed by atoms with van der Waals surface area (Å²) in [7, 11) is 0. The van der Waals surface area contributed by atoms with E-state index in [1.54, 1.807) is 0 Å². The third-order valence-electron chi connectivity index (χ3n) is 3.74. The van der Waals surface area contributed by atoms with Gasteiger partial charge in [-0.2, -0.15) is 0 Å². The van der Waals surface area contributed by atoms with Crippen molar-refractivity contribution in [1.82, 2.24) is 9.80 Å². The first-order chi connectivity index (χ1) is 7.68. The lowest BCUT2D eigenvalue weighted by molar-refractivity contribution is 0.131. The Bertz CT molecular complexity index is 294. The van der Waals surface area contributed by atoms with Crippen LogP contribution >= 0.6 is 0 Å². The second kappa shape index (κ2) is 5.05. The molecule has 2 nitrogen and oxygen atoms in total. The predicted octanol–water partition coefficient (Wildman–Crippen LogP) is 2.64. The fourth-order valence-corrected chi connectivity index (χ4v) is 2.64. The van der Waals surface area contributed by atoms with Gasteiger partial charge in [0.15, 0.2) is 0 Å². The second-order valence-corrected chi connectivity index (χ2v) is 5.17. The zero-order chi connectivity index (χ0) is 11.5. The van der Waals surface area contributed by atoms with Gasteiger partial charge in [-0.25, -0.2) is 0 Å². The maximum Gasteiger partial charge on any atom is 0.0353 e. The zero-order valence-corrected chi connectivity index (χ0v) is 10.9. The number of allylic oxidation sites excluding steroid dienone is 3. The van der Waals surface area contributed by atoms with Gasteiger partial charge in [0, 0.05) is 37.9 Å². The minimum atomic E-state index is 0.694. The maximum absolute atomic E-state index is 2.57. The molecule has 1 saturated heterocycles. The van der Waals surface area contributed by atoms with Crippen molar-refractivity contribution in [1.29, 1.82) is 0 Å². The highest BCUT2D eigenvalue weighted by Gasteiger charge is 2.21. The van der Waals surface area contributed by atoms with Gasteiger partial charge >= 0.3 is 0 Å². The van der Waals surface area contributed by atoms with Crippen molar-refractivity contribution in [2.45, 2.75) is 39.7 Å². The topological polar surface area (TPSA) is 6.48 Å². The summed E-state index contributed by atoms with van der Waals surface area (Å²) >= 11 is 0. The largest absolute Gasteiger partial charge is 0.369 e. The number of rotatable bonds is 2. The summed E-state index contributed by atoms with van der Waals surface area (Å²) in [5.74, 6) is 0. The van der Waals surface area contributed by atoms with E-state index in [2.05, 4.69) is 42.7 Å². The molecule has 2 rings (SSSR count).